The predicted molar refractivity (Wildman–Crippen MR) is 98.8 cm³/mol. The van der Waals surface area contributed by atoms with E-state index in [1.54, 1.807) is 0 Å². The number of anilines is 1. The molecular formula is C19H24ClN3O. The summed E-state index contributed by atoms with van der Waals surface area (Å²) >= 11 is 6.29. The number of rotatable bonds is 2. The monoisotopic (exact) mass is 345 g/mol. The smallest absolute Gasteiger partial charge is 0.129 e. The molecule has 3 heterocycles. The molecule has 0 saturated carbocycles. The van der Waals surface area contributed by atoms with Gasteiger partial charge in [-0.1, -0.05) is 23.7 Å². The van der Waals surface area contributed by atoms with E-state index in [4.69, 9.17) is 16.6 Å². The van der Waals surface area contributed by atoms with E-state index in [2.05, 4.69) is 21.9 Å². The normalized spacial score (nSPS) is 23.8. The van der Waals surface area contributed by atoms with Gasteiger partial charge in [-0.25, -0.2) is 4.98 Å². The molecule has 2 fully saturated rings. The number of para-hydroxylation sites is 1. The van der Waals surface area contributed by atoms with Crippen molar-refractivity contribution in [3.8, 4) is 0 Å². The molecule has 2 aliphatic heterocycles. The summed E-state index contributed by atoms with van der Waals surface area (Å²) in [4.78, 5) is 9.63. The lowest BCUT2D eigenvalue weighted by atomic mass is 9.99. The number of hydrogen-bond acceptors (Lipinski definition) is 4. The minimum atomic E-state index is -0.138. The molecule has 1 aromatic carbocycles. The highest BCUT2D eigenvalue weighted by Crippen LogP contribution is 2.27. The second kappa shape index (κ2) is 6.87. The third-order valence-electron chi connectivity index (χ3n) is 5.39. The Kier molecular flexibility index (Phi) is 4.61. The molecule has 0 aliphatic carbocycles. The Morgan fingerprint density at radius 2 is 1.88 bits per heavy atom. The molecular weight excluding hydrogens is 322 g/mol. The van der Waals surface area contributed by atoms with Gasteiger partial charge in [0.25, 0.3) is 0 Å². The largest absolute Gasteiger partial charge is 0.392 e. The summed E-state index contributed by atoms with van der Waals surface area (Å²) in [5, 5.41) is 11.7. The second-order valence-corrected chi connectivity index (χ2v) is 7.40. The highest BCUT2D eigenvalue weighted by Gasteiger charge is 2.28. The van der Waals surface area contributed by atoms with Gasteiger partial charge in [0.2, 0.25) is 0 Å². The Morgan fingerprint density at radius 3 is 2.67 bits per heavy atom. The maximum absolute atomic E-state index is 9.89. The first-order chi connectivity index (χ1) is 11.7. The number of aromatic nitrogens is 1. The van der Waals surface area contributed by atoms with Crippen LogP contribution in [0.1, 0.15) is 25.7 Å². The number of nitrogens with zero attached hydrogens (tertiary/aromatic N) is 3. The van der Waals surface area contributed by atoms with Gasteiger partial charge in [0.15, 0.2) is 0 Å². The number of pyridine rings is 1. The van der Waals surface area contributed by atoms with Gasteiger partial charge < -0.3 is 10.0 Å². The van der Waals surface area contributed by atoms with Crippen molar-refractivity contribution in [3.63, 3.8) is 0 Å². The van der Waals surface area contributed by atoms with Gasteiger partial charge in [-0.3, -0.25) is 4.90 Å². The number of benzene rings is 1. The van der Waals surface area contributed by atoms with E-state index in [1.807, 2.05) is 18.2 Å². The van der Waals surface area contributed by atoms with Crippen LogP contribution in [0.25, 0.3) is 10.9 Å². The third-order valence-corrected chi connectivity index (χ3v) is 5.69. The summed E-state index contributed by atoms with van der Waals surface area (Å²) in [6, 6.07) is 10.7. The lowest BCUT2D eigenvalue weighted by Gasteiger charge is -2.41. The maximum atomic E-state index is 9.89. The van der Waals surface area contributed by atoms with Crippen LogP contribution in [0, 0.1) is 0 Å². The van der Waals surface area contributed by atoms with Gasteiger partial charge in [-0.15, -0.1) is 0 Å². The van der Waals surface area contributed by atoms with E-state index < -0.39 is 0 Å². The van der Waals surface area contributed by atoms with E-state index in [0.717, 1.165) is 68.6 Å². The summed E-state index contributed by atoms with van der Waals surface area (Å²) < 4.78 is 0. The minimum absolute atomic E-state index is 0.138. The maximum Gasteiger partial charge on any atom is 0.129 e. The molecule has 1 N–H and O–H groups in total. The fourth-order valence-corrected chi connectivity index (χ4v) is 4.28. The fourth-order valence-electron chi connectivity index (χ4n) is 4.05. The van der Waals surface area contributed by atoms with Crippen LogP contribution in [0.3, 0.4) is 0 Å². The molecule has 0 amide bonds. The number of halogens is 1. The Hall–Kier alpha value is -1.36. The molecule has 0 bridgehead atoms. The van der Waals surface area contributed by atoms with Gasteiger partial charge in [0.05, 0.1) is 16.6 Å². The van der Waals surface area contributed by atoms with Crippen molar-refractivity contribution in [2.75, 3.05) is 31.1 Å². The molecule has 0 spiro atoms. The topological polar surface area (TPSA) is 39.6 Å². The first-order valence-corrected chi connectivity index (χ1v) is 9.31. The zero-order valence-corrected chi connectivity index (χ0v) is 14.6. The van der Waals surface area contributed by atoms with Crippen molar-refractivity contribution in [2.45, 2.75) is 37.8 Å². The number of likely N-dealkylation sites (tertiary alicyclic amines) is 1. The van der Waals surface area contributed by atoms with Crippen LogP contribution in [-0.4, -0.2) is 53.3 Å². The number of fused-ring (bicyclic) bond motifs is 1. The molecule has 2 aromatic rings. The van der Waals surface area contributed by atoms with Gasteiger partial charge >= 0.3 is 0 Å². The average molecular weight is 346 g/mol. The SMILES string of the molecule is OC1CCCN(C2CCN(c3ccc4cccc(Cl)c4n3)CC2)C1. The summed E-state index contributed by atoms with van der Waals surface area (Å²) in [5.74, 6) is 1.02. The van der Waals surface area contributed by atoms with Crippen molar-refractivity contribution >= 4 is 28.3 Å². The highest BCUT2D eigenvalue weighted by atomic mass is 35.5. The van der Waals surface area contributed by atoms with Crippen molar-refractivity contribution in [3.05, 3.63) is 35.4 Å². The first kappa shape index (κ1) is 16.1. The van der Waals surface area contributed by atoms with Gasteiger partial charge in [0.1, 0.15) is 5.82 Å². The quantitative estimate of drug-likeness (QED) is 0.906. The number of hydrogen-bond donors (Lipinski definition) is 1. The Labute approximate surface area is 148 Å². The van der Waals surface area contributed by atoms with Gasteiger partial charge in [-0.2, -0.15) is 0 Å². The highest BCUT2D eigenvalue weighted by molar-refractivity contribution is 6.35. The minimum Gasteiger partial charge on any atom is -0.392 e. The van der Waals surface area contributed by atoms with Crippen molar-refractivity contribution in [2.24, 2.45) is 0 Å². The number of aliphatic hydroxyl groups is 1. The second-order valence-electron chi connectivity index (χ2n) is 6.99. The summed E-state index contributed by atoms with van der Waals surface area (Å²) in [7, 11) is 0. The van der Waals surface area contributed by atoms with Crippen LogP contribution >= 0.6 is 11.6 Å². The van der Waals surface area contributed by atoms with Crippen LogP contribution in [0.4, 0.5) is 5.82 Å². The van der Waals surface area contributed by atoms with Crippen LogP contribution in [0.2, 0.25) is 5.02 Å². The first-order valence-electron chi connectivity index (χ1n) is 8.93. The van der Waals surface area contributed by atoms with Crippen LogP contribution < -0.4 is 4.90 Å². The molecule has 5 heteroatoms. The summed E-state index contributed by atoms with van der Waals surface area (Å²) in [5.41, 5.74) is 0.887. The fraction of sp³-hybridized carbons (Fsp3) is 0.526. The van der Waals surface area contributed by atoms with Crippen LogP contribution in [0.5, 0.6) is 0 Å². The molecule has 4 rings (SSSR count). The van der Waals surface area contributed by atoms with Crippen LogP contribution in [0.15, 0.2) is 30.3 Å². The molecule has 24 heavy (non-hydrogen) atoms. The number of aliphatic hydroxyl groups excluding tert-OH is 1. The molecule has 1 unspecified atom stereocenters. The molecule has 1 atom stereocenters. The Balaban J connectivity index is 1.45. The van der Waals surface area contributed by atoms with E-state index in [9.17, 15) is 5.11 Å². The summed E-state index contributed by atoms with van der Waals surface area (Å²) in [6.45, 7) is 4.00. The lowest BCUT2D eigenvalue weighted by Crippen LogP contribution is -2.49. The van der Waals surface area contributed by atoms with Crippen molar-refractivity contribution in [1.82, 2.24) is 9.88 Å². The Bertz CT molecular complexity index is 715. The van der Waals surface area contributed by atoms with Gasteiger partial charge in [-0.05, 0) is 50.4 Å². The molecule has 2 saturated heterocycles. The average Bonchev–Trinajstić information content (AvgIpc) is 2.62. The standard InChI is InChI=1S/C19H24ClN3O/c20-17-5-1-3-14-6-7-18(21-19(14)17)22-11-8-15(9-12-22)23-10-2-4-16(24)13-23/h1,3,5-7,15-16,24H,2,4,8-13H2. The van der Waals surface area contributed by atoms with Crippen molar-refractivity contribution < 1.29 is 5.11 Å². The summed E-state index contributed by atoms with van der Waals surface area (Å²) in [6.07, 6.45) is 4.20. The Morgan fingerprint density at radius 1 is 1.04 bits per heavy atom. The lowest BCUT2D eigenvalue weighted by molar-refractivity contribution is 0.0398. The van der Waals surface area contributed by atoms with Gasteiger partial charge in [0, 0.05) is 31.1 Å². The van der Waals surface area contributed by atoms with E-state index in [1.165, 1.54) is 0 Å². The molecule has 128 valence electrons. The zero-order valence-electron chi connectivity index (χ0n) is 13.9. The van der Waals surface area contributed by atoms with E-state index in [-0.39, 0.29) is 6.10 Å². The molecule has 0 radical (unpaired) electrons. The van der Waals surface area contributed by atoms with Crippen LogP contribution in [-0.2, 0) is 0 Å². The number of piperidine rings is 2. The van der Waals surface area contributed by atoms with E-state index >= 15 is 0 Å². The van der Waals surface area contributed by atoms with E-state index in [0.29, 0.717) is 11.1 Å². The molecule has 1 aromatic heterocycles. The van der Waals surface area contributed by atoms with Crippen molar-refractivity contribution in [1.29, 1.82) is 0 Å². The third kappa shape index (κ3) is 3.23. The molecule has 2 aliphatic rings. The predicted octanol–water partition coefficient (Wildman–Crippen LogP) is 3.31. The molecule has 4 nitrogen and oxygen atoms in total. The zero-order chi connectivity index (χ0) is 16.5. The number of β-amino-alcohol motifs (C(OH)–C–C–N with tert-alkyl or cyclic N) is 1.